The second kappa shape index (κ2) is 4.19. The third-order valence-corrected chi connectivity index (χ3v) is 1.51. The van der Waals surface area contributed by atoms with Crippen molar-refractivity contribution in [3.8, 4) is 0 Å². The minimum atomic E-state index is 0.721. The van der Waals surface area contributed by atoms with E-state index in [1.54, 1.807) is 12.3 Å². The van der Waals surface area contributed by atoms with Gasteiger partial charge in [0.1, 0.15) is 5.82 Å². The van der Waals surface area contributed by atoms with Crippen LogP contribution in [0.4, 0.5) is 5.82 Å². The van der Waals surface area contributed by atoms with Gasteiger partial charge in [-0.3, -0.25) is 0 Å². The number of nitrogens with one attached hydrogen (secondary N) is 1. The fourth-order valence-electron chi connectivity index (χ4n) is 0.755. The van der Waals surface area contributed by atoms with Crippen LogP contribution in [-0.2, 0) is 0 Å². The summed E-state index contributed by atoms with van der Waals surface area (Å²) in [6, 6.07) is 3.58. The summed E-state index contributed by atoms with van der Waals surface area (Å²) in [5, 5.41) is 3.86. The number of hydrogen-bond acceptors (Lipinski definition) is 2. The highest BCUT2D eigenvalue weighted by Crippen LogP contribution is 2.11. The molecule has 0 aromatic carbocycles. The van der Waals surface area contributed by atoms with Gasteiger partial charge in [0.25, 0.3) is 0 Å². The van der Waals surface area contributed by atoms with E-state index in [1.807, 2.05) is 6.07 Å². The van der Waals surface area contributed by atoms with E-state index in [0.717, 1.165) is 23.8 Å². The highest BCUT2D eigenvalue weighted by atomic mass is 35.5. The lowest BCUT2D eigenvalue weighted by atomic mass is 10.4. The molecule has 1 heterocycles. The molecule has 2 nitrogen and oxygen atoms in total. The number of halogens is 1. The topological polar surface area (TPSA) is 24.9 Å². The maximum absolute atomic E-state index is 5.74. The second-order valence-corrected chi connectivity index (χ2v) is 2.72. The Morgan fingerprint density at radius 1 is 1.64 bits per heavy atom. The quantitative estimate of drug-likeness (QED) is 0.754. The molecule has 0 unspecified atom stereocenters. The van der Waals surface area contributed by atoms with Crippen molar-refractivity contribution in [1.82, 2.24) is 4.98 Å². The monoisotopic (exact) mass is 170 g/mol. The predicted octanol–water partition coefficient (Wildman–Crippen LogP) is 2.56. The van der Waals surface area contributed by atoms with Gasteiger partial charge in [0.2, 0.25) is 0 Å². The molecule has 0 atom stereocenters. The van der Waals surface area contributed by atoms with E-state index in [9.17, 15) is 0 Å². The van der Waals surface area contributed by atoms with Gasteiger partial charge in [0.15, 0.2) is 0 Å². The van der Waals surface area contributed by atoms with E-state index in [1.165, 1.54) is 0 Å². The third kappa shape index (κ3) is 2.76. The van der Waals surface area contributed by atoms with Crippen LogP contribution in [-0.4, -0.2) is 11.5 Å². The molecular weight excluding hydrogens is 160 g/mol. The van der Waals surface area contributed by atoms with Gasteiger partial charge in [-0.2, -0.15) is 0 Å². The molecule has 0 amide bonds. The zero-order valence-corrected chi connectivity index (χ0v) is 7.23. The zero-order valence-electron chi connectivity index (χ0n) is 6.47. The lowest BCUT2D eigenvalue weighted by Crippen LogP contribution is -2.00. The largest absolute Gasteiger partial charge is 0.370 e. The lowest BCUT2D eigenvalue weighted by molar-refractivity contribution is 0.969. The molecule has 0 spiro atoms. The first kappa shape index (κ1) is 8.34. The van der Waals surface area contributed by atoms with Crippen molar-refractivity contribution in [3.63, 3.8) is 0 Å². The SMILES string of the molecule is CCCNc1cc(Cl)ccn1. The molecule has 1 rings (SSSR count). The van der Waals surface area contributed by atoms with Crippen molar-refractivity contribution in [2.24, 2.45) is 0 Å². The van der Waals surface area contributed by atoms with Crippen molar-refractivity contribution >= 4 is 17.4 Å². The van der Waals surface area contributed by atoms with E-state index < -0.39 is 0 Å². The maximum atomic E-state index is 5.74. The standard InChI is InChI=1S/C8H11ClN2/c1-2-4-10-8-6-7(9)3-5-11-8/h3,5-6H,2,4H2,1H3,(H,10,11). The van der Waals surface area contributed by atoms with Crippen molar-refractivity contribution in [2.45, 2.75) is 13.3 Å². The van der Waals surface area contributed by atoms with Crippen molar-refractivity contribution < 1.29 is 0 Å². The number of rotatable bonds is 3. The molecule has 11 heavy (non-hydrogen) atoms. The Balaban J connectivity index is 2.56. The summed E-state index contributed by atoms with van der Waals surface area (Å²) >= 11 is 5.74. The van der Waals surface area contributed by atoms with Gasteiger partial charge in [0, 0.05) is 17.8 Å². The summed E-state index contributed by atoms with van der Waals surface area (Å²) < 4.78 is 0. The summed E-state index contributed by atoms with van der Waals surface area (Å²) in [6.45, 7) is 3.05. The van der Waals surface area contributed by atoms with Crippen molar-refractivity contribution in [1.29, 1.82) is 0 Å². The van der Waals surface area contributed by atoms with Crippen LogP contribution in [0.3, 0.4) is 0 Å². The van der Waals surface area contributed by atoms with Crippen LogP contribution in [0.15, 0.2) is 18.3 Å². The van der Waals surface area contributed by atoms with Crippen LogP contribution < -0.4 is 5.32 Å². The summed E-state index contributed by atoms with van der Waals surface area (Å²) in [6.07, 6.45) is 2.79. The lowest BCUT2D eigenvalue weighted by Gasteiger charge is -2.02. The molecular formula is C8H11ClN2. The first-order chi connectivity index (χ1) is 5.33. The Kier molecular flexibility index (Phi) is 3.17. The normalized spacial score (nSPS) is 9.64. The first-order valence-corrected chi connectivity index (χ1v) is 4.06. The van der Waals surface area contributed by atoms with Gasteiger partial charge in [0.05, 0.1) is 0 Å². The molecule has 0 fully saturated rings. The predicted molar refractivity (Wildman–Crippen MR) is 48.0 cm³/mol. The van der Waals surface area contributed by atoms with Crippen LogP contribution in [0.5, 0.6) is 0 Å². The van der Waals surface area contributed by atoms with E-state index in [2.05, 4.69) is 17.2 Å². The molecule has 0 saturated heterocycles. The smallest absolute Gasteiger partial charge is 0.127 e. The molecule has 1 N–H and O–H groups in total. The van der Waals surface area contributed by atoms with Crippen LogP contribution in [0.25, 0.3) is 0 Å². The Labute approximate surface area is 71.6 Å². The molecule has 0 radical (unpaired) electrons. The van der Waals surface area contributed by atoms with Crippen LogP contribution >= 0.6 is 11.6 Å². The fourth-order valence-corrected chi connectivity index (χ4v) is 0.914. The minimum Gasteiger partial charge on any atom is -0.370 e. The molecule has 0 aliphatic rings. The number of aromatic nitrogens is 1. The molecule has 1 aromatic heterocycles. The second-order valence-electron chi connectivity index (χ2n) is 2.29. The molecule has 3 heteroatoms. The highest BCUT2D eigenvalue weighted by Gasteiger charge is 1.91. The van der Waals surface area contributed by atoms with Gasteiger partial charge in [-0.25, -0.2) is 4.98 Å². The van der Waals surface area contributed by atoms with Gasteiger partial charge >= 0.3 is 0 Å². The van der Waals surface area contributed by atoms with E-state index in [-0.39, 0.29) is 0 Å². The van der Waals surface area contributed by atoms with E-state index in [0.29, 0.717) is 0 Å². The minimum absolute atomic E-state index is 0.721. The third-order valence-electron chi connectivity index (χ3n) is 1.28. The van der Waals surface area contributed by atoms with Crippen LogP contribution in [0.2, 0.25) is 5.02 Å². The van der Waals surface area contributed by atoms with Gasteiger partial charge < -0.3 is 5.32 Å². The maximum Gasteiger partial charge on any atom is 0.127 e. The summed E-state index contributed by atoms with van der Waals surface area (Å²) in [5.41, 5.74) is 0. The average molecular weight is 171 g/mol. The number of pyridine rings is 1. The zero-order chi connectivity index (χ0) is 8.10. The summed E-state index contributed by atoms with van der Waals surface area (Å²) in [4.78, 5) is 4.08. The molecule has 0 bridgehead atoms. The molecule has 0 saturated carbocycles. The Morgan fingerprint density at radius 2 is 2.45 bits per heavy atom. The van der Waals surface area contributed by atoms with Gasteiger partial charge in [-0.05, 0) is 18.6 Å². The molecule has 0 aliphatic heterocycles. The average Bonchev–Trinajstić information content (AvgIpc) is 2.01. The first-order valence-electron chi connectivity index (χ1n) is 3.68. The fraction of sp³-hybridized carbons (Fsp3) is 0.375. The number of anilines is 1. The van der Waals surface area contributed by atoms with Crippen LogP contribution in [0.1, 0.15) is 13.3 Å². The Morgan fingerprint density at radius 3 is 3.09 bits per heavy atom. The van der Waals surface area contributed by atoms with Gasteiger partial charge in [-0.1, -0.05) is 18.5 Å². The summed E-state index contributed by atoms with van der Waals surface area (Å²) in [5.74, 6) is 0.847. The van der Waals surface area contributed by atoms with Gasteiger partial charge in [-0.15, -0.1) is 0 Å². The van der Waals surface area contributed by atoms with E-state index >= 15 is 0 Å². The van der Waals surface area contributed by atoms with Crippen molar-refractivity contribution in [3.05, 3.63) is 23.4 Å². The molecule has 0 aliphatic carbocycles. The molecule has 60 valence electrons. The highest BCUT2D eigenvalue weighted by molar-refractivity contribution is 6.30. The van der Waals surface area contributed by atoms with Crippen LogP contribution in [0, 0.1) is 0 Å². The van der Waals surface area contributed by atoms with E-state index in [4.69, 9.17) is 11.6 Å². The summed E-state index contributed by atoms with van der Waals surface area (Å²) in [7, 11) is 0. The molecule has 1 aromatic rings. The Hall–Kier alpha value is -0.760. The Bertz CT molecular complexity index is 225. The number of hydrogen-bond donors (Lipinski definition) is 1. The number of nitrogens with zero attached hydrogens (tertiary/aromatic N) is 1. The van der Waals surface area contributed by atoms with Crippen molar-refractivity contribution in [2.75, 3.05) is 11.9 Å².